The van der Waals surface area contributed by atoms with Gasteiger partial charge in [0, 0.05) is 18.5 Å². The molecule has 3 heteroatoms. The molecule has 1 heterocycles. The van der Waals surface area contributed by atoms with Crippen LogP contribution < -0.4 is 5.32 Å². The van der Waals surface area contributed by atoms with E-state index in [0.717, 1.165) is 29.8 Å². The molecule has 18 heavy (non-hydrogen) atoms. The lowest BCUT2D eigenvalue weighted by Gasteiger charge is -2.19. The van der Waals surface area contributed by atoms with Crippen molar-refractivity contribution in [2.75, 3.05) is 6.54 Å². The van der Waals surface area contributed by atoms with Crippen molar-refractivity contribution in [3.05, 3.63) is 29.1 Å². The van der Waals surface area contributed by atoms with Crippen LogP contribution in [0, 0.1) is 13.8 Å². The van der Waals surface area contributed by atoms with Crippen LogP contribution in [0.4, 0.5) is 0 Å². The van der Waals surface area contributed by atoms with Gasteiger partial charge in [0.25, 0.3) is 0 Å². The van der Waals surface area contributed by atoms with Gasteiger partial charge in [0.15, 0.2) is 0 Å². The van der Waals surface area contributed by atoms with Gasteiger partial charge in [-0.1, -0.05) is 6.07 Å². The molecule has 0 amide bonds. The Labute approximate surface area is 109 Å². The lowest BCUT2D eigenvalue weighted by molar-refractivity contribution is 0.428. The predicted octanol–water partition coefficient (Wildman–Crippen LogP) is 3.11. The monoisotopic (exact) mass is 245 g/mol. The molecule has 2 N–H and O–H groups in total. The molecular weight excluding hydrogens is 222 g/mol. The summed E-state index contributed by atoms with van der Waals surface area (Å²) in [5, 5.41) is 3.48. The zero-order valence-electron chi connectivity index (χ0n) is 12.0. The van der Waals surface area contributed by atoms with Crippen LogP contribution >= 0.6 is 0 Å². The highest BCUT2D eigenvalue weighted by Gasteiger charge is 2.10. The molecule has 1 aromatic heterocycles. The Kier molecular flexibility index (Phi) is 3.44. The molecular formula is C15H23N3. The quantitative estimate of drug-likeness (QED) is 0.872. The molecule has 0 radical (unpaired) electrons. The van der Waals surface area contributed by atoms with Crippen LogP contribution in [-0.4, -0.2) is 22.1 Å². The number of fused-ring (bicyclic) bond motifs is 1. The molecule has 0 aliphatic carbocycles. The van der Waals surface area contributed by atoms with Crippen molar-refractivity contribution in [3.63, 3.8) is 0 Å². The second-order valence-electron chi connectivity index (χ2n) is 6.09. The zero-order chi connectivity index (χ0) is 13.3. The number of nitrogens with zero attached hydrogens (tertiary/aromatic N) is 1. The van der Waals surface area contributed by atoms with Gasteiger partial charge in [-0.3, -0.25) is 0 Å². The third kappa shape index (κ3) is 3.10. The van der Waals surface area contributed by atoms with Crippen molar-refractivity contribution in [2.24, 2.45) is 0 Å². The first kappa shape index (κ1) is 13.1. The van der Waals surface area contributed by atoms with Gasteiger partial charge in [0.2, 0.25) is 0 Å². The summed E-state index contributed by atoms with van der Waals surface area (Å²) >= 11 is 0. The van der Waals surface area contributed by atoms with Crippen LogP contribution in [0.2, 0.25) is 0 Å². The summed E-state index contributed by atoms with van der Waals surface area (Å²) < 4.78 is 0. The molecule has 2 aromatic rings. The second kappa shape index (κ2) is 4.73. The lowest BCUT2D eigenvalue weighted by atomic mass is 10.1. The van der Waals surface area contributed by atoms with Gasteiger partial charge in [-0.2, -0.15) is 0 Å². The van der Waals surface area contributed by atoms with Crippen molar-refractivity contribution in [3.8, 4) is 0 Å². The first-order valence-electron chi connectivity index (χ1n) is 6.56. The molecule has 0 fully saturated rings. The summed E-state index contributed by atoms with van der Waals surface area (Å²) in [6.07, 6.45) is 0.935. The topological polar surface area (TPSA) is 40.7 Å². The van der Waals surface area contributed by atoms with Crippen LogP contribution in [0.15, 0.2) is 12.1 Å². The molecule has 0 atom stereocenters. The minimum absolute atomic E-state index is 0.165. The molecule has 98 valence electrons. The Balaban J connectivity index is 2.13. The minimum Gasteiger partial charge on any atom is -0.342 e. The number of hydrogen-bond donors (Lipinski definition) is 2. The fourth-order valence-corrected chi connectivity index (χ4v) is 2.20. The molecule has 0 aliphatic rings. The SMILES string of the molecule is Cc1cc(C)c2nc(CCNC(C)(C)C)[nH]c2c1. The first-order valence-corrected chi connectivity index (χ1v) is 6.56. The van der Waals surface area contributed by atoms with E-state index in [9.17, 15) is 0 Å². The molecule has 3 nitrogen and oxygen atoms in total. The van der Waals surface area contributed by atoms with Crippen LogP contribution in [-0.2, 0) is 6.42 Å². The van der Waals surface area contributed by atoms with Crippen LogP contribution in [0.25, 0.3) is 11.0 Å². The standard InChI is InChI=1S/C15H23N3/c1-10-8-11(2)14-12(9-10)17-13(18-14)6-7-16-15(3,4)5/h8-9,16H,6-7H2,1-5H3,(H,17,18). The van der Waals surface area contributed by atoms with Crippen molar-refractivity contribution < 1.29 is 0 Å². The molecule has 0 bridgehead atoms. The Hall–Kier alpha value is -1.35. The highest BCUT2D eigenvalue weighted by molar-refractivity contribution is 5.79. The van der Waals surface area contributed by atoms with E-state index in [4.69, 9.17) is 0 Å². The van der Waals surface area contributed by atoms with Gasteiger partial charge < -0.3 is 10.3 Å². The number of H-pyrrole nitrogens is 1. The van der Waals surface area contributed by atoms with Crippen molar-refractivity contribution in [1.82, 2.24) is 15.3 Å². The highest BCUT2D eigenvalue weighted by atomic mass is 15.0. The summed E-state index contributed by atoms with van der Waals surface area (Å²) in [7, 11) is 0. The number of aromatic amines is 1. The Morgan fingerprint density at radius 1 is 1.22 bits per heavy atom. The summed E-state index contributed by atoms with van der Waals surface area (Å²) in [5.41, 5.74) is 4.95. The number of hydrogen-bond acceptors (Lipinski definition) is 2. The van der Waals surface area contributed by atoms with E-state index in [0.29, 0.717) is 0 Å². The van der Waals surface area contributed by atoms with Gasteiger partial charge in [0.1, 0.15) is 5.82 Å². The van der Waals surface area contributed by atoms with E-state index in [1.54, 1.807) is 0 Å². The van der Waals surface area contributed by atoms with Crippen LogP contribution in [0.5, 0.6) is 0 Å². The van der Waals surface area contributed by atoms with E-state index >= 15 is 0 Å². The molecule has 0 aliphatic heterocycles. The molecule has 2 rings (SSSR count). The van der Waals surface area contributed by atoms with Gasteiger partial charge in [-0.15, -0.1) is 0 Å². The minimum atomic E-state index is 0.165. The second-order valence-corrected chi connectivity index (χ2v) is 6.09. The lowest BCUT2D eigenvalue weighted by Crippen LogP contribution is -2.37. The summed E-state index contributed by atoms with van der Waals surface area (Å²) in [4.78, 5) is 8.09. The van der Waals surface area contributed by atoms with Crippen molar-refractivity contribution >= 4 is 11.0 Å². The third-order valence-electron chi connectivity index (χ3n) is 2.99. The maximum Gasteiger partial charge on any atom is 0.108 e. The van der Waals surface area contributed by atoms with E-state index in [2.05, 4.69) is 62.0 Å². The molecule has 0 saturated heterocycles. The Bertz CT molecular complexity index is 547. The fourth-order valence-electron chi connectivity index (χ4n) is 2.20. The zero-order valence-corrected chi connectivity index (χ0v) is 12.0. The third-order valence-corrected chi connectivity index (χ3v) is 2.99. The average molecular weight is 245 g/mol. The maximum atomic E-state index is 4.68. The van der Waals surface area contributed by atoms with E-state index in [1.165, 1.54) is 11.1 Å². The van der Waals surface area contributed by atoms with Gasteiger partial charge in [0.05, 0.1) is 11.0 Å². The highest BCUT2D eigenvalue weighted by Crippen LogP contribution is 2.18. The smallest absolute Gasteiger partial charge is 0.108 e. The number of rotatable bonds is 3. The summed E-state index contributed by atoms with van der Waals surface area (Å²) in [6, 6.07) is 4.34. The number of aryl methyl sites for hydroxylation is 2. The predicted molar refractivity (Wildman–Crippen MR) is 77.0 cm³/mol. The largest absolute Gasteiger partial charge is 0.342 e. The summed E-state index contributed by atoms with van der Waals surface area (Å²) in [6.45, 7) is 11.7. The van der Waals surface area contributed by atoms with Crippen molar-refractivity contribution in [1.29, 1.82) is 0 Å². The molecule has 0 spiro atoms. The molecule has 1 aromatic carbocycles. The number of benzene rings is 1. The van der Waals surface area contributed by atoms with Gasteiger partial charge in [-0.25, -0.2) is 4.98 Å². The van der Waals surface area contributed by atoms with Gasteiger partial charge in [-0.05, 0) is 51.8 Å². The first-order chi connectivity index (χ1) is 8.35. The van der Waals surface area contributed by atoms with Crippen LogP contribution in [0.1, 0.15) is 37.7 Å². The average Bonchev–Trinajstić information content (AvgIpc) is 2.58. The Morgan fingerprint density at radius 2 is 1.94 bits per heavy atom. The fraction of sp³-hybridized carbons (Fsp3) is 0.533. The van der Waals surface area contributed by atoms with E-state index in [1.807, 2.05) is 0 Å². The molecule has 0 unspecified atom stereocenters. The maximum absolute atomic E-state index is 4.68. The number of nitrogens with one attached hydrogen (secondary N) is 2. The van der Waals surface area contributed by atoms with E-state index < -0.39 is 0 Å². The normalized spacial score (nSPS) is 12.3. The van der Waals surface area contributed by atoms with Crippen molar-refractivity contribution in [2.45, 2.75) is 46.6 Å². The number of aromatic nitrogens is 2. The number of imidazole rings is 1. The molecule has 0 saturated carbocycles. The van der Waals surface area contributed by atoms with Gasteiger partial charge >= 0.3 is 0 Å². The van der Waals surface area contributed by atoms with Crippen LogP contribution in [0.3, 0.4) is 0 Å². The summed E-state index contributed by atoms with van der Waals surface area (Å²) in [5.74, 6) is 1.07. The van der Waals surface area contributed by atoms with E-state index in [-0.39, 0.29) is 5.54 Å². The Morgan fingerprint density at radius 3 is 2.61 bits per heavy atom.